The summed E-state index contributed by atoms with van der Waals surface area (Å²) in [5.74, 6) is 0.678. The van der Waals surface area contributed by atoms with Gasteiger partial charge in [-0.1, -0.05) is 11.6 Å². The number of rotatable bonds is 1. The van der Waals surface area contributed by atoms with Crippen LogP contribution in [0.4, 0.5) is 5.69 Å². The number of aryl methyl sites for hydroxylation is 1. The Morgan fingerprint density at radius 3 is 3.21 bits per heavy atom. The summed E-state index contributed by atoms with van der Waals surface area (Å²) in [4.78, 5) is 4.27. The van der Waals surface area contributed by atoms with E-state index in [0.29, 0.717) is 17.3 Å². The lowest BCUT2D eigenvalue weighted by molar-refractivity contribution is 0.286. The molecule has 2 rings (SSSR count). The number of pyridine rings is 1. The van der Waals surface area contributed by atoms with Crippen LogP contribution in [0.3, 0.4) is 0 Å². The standard InChI is InChI=1S/C9H10ClIN2O/c1-12-7-6(11)9(10)13-5-3-2-4-14-8(5)7/h2-4H2,1H3,(H,12,13)/i4D. The molecule has 0 bridgehead atoms. The Labute approximate surface area is 103 Å². The van der Waals surface area contributed by atoms with Crippen LogP contribution in [0.5, 0.6) is 5.75 Å². The molecule has 1 N–H and O–H groups in total. The number of ether oxygens (including phenoxy) is 1. The fraction of sp³-hybridized carbons (Fsp3) is 0.444. The maximum atomic E-state index is 7.59. The number of nitrogens with one attached hydrogen (secondary N) is 1. The van der Waals surface area contributed by atoms with Gasteiger partial charge in [-0.15, -0.1) is 0 Å². The van der Waals surface area contributed by atoms with Crippen LogP contribution in [-0.4, -0.2) is 18.6 Å². The molecule has 1 aromatic rings. The fourth-order valence-electron chi connectivity index (χ4n) is 1.42. The fourth-order valence-corrected chi connectivity index (χ4v) is 2.25. The number of nitrogens with zero attached hydrogens (tertiary/aromatic N) is 1. The van der Waals surface area contributed by atoms with E-state index in [0.717, 1.165) is 21.4 Å². The smallest absolute Gasteiger partial charge is 0.165 e. The van der Waals surface area contributed by atoms with E-state index in [-0.39, 0.29) is 0 Å². The highest BCUT2D eigenvalue weighted by atomic mass is 127. The van der Waals surface area contributed by atoms with Gasteiger partial charge < -0.3 is 10.1 Å². The number of halogens is 2. The average Bonchev–Trinajstić information content (AvgIpc) is 2.21. The minimum absolute atomic E-state index is 0.491. The Kier molecular flexibility index (Phi) is 2.64. The lowest BCUT2D eigenvalue weighted by atomic mass is 10.1. The molecule has 0 spiro atoms. The van der Waals surface area contributed by atoms with E-state index < -0.39 is 6.58 Å². The summed E-state index contributed by atoms with van der Waals surface area (Å²) in [6, 6.07) is 0. The lowest BCUT2D eigenvalue weighted by Crippen LogP contribution is -2.13. The highest BCUT2D eigenvalue weighted by Crippen LogP contribution is 2.38. The predicted octanol–water partition coefficient (Wildman–Crippen LogP) is 2.71. The summed E-state index contributed by atoms with van der Waals surface area (Å²) in [5.41, 5.74) is 1.68. The van der Waals surface area contributed by atoms with Gasteiger partial charge in [0, 0.05) is 7.05 Å². The van der Waals surface area contributed by atoms with Gasteiger partial charge in [-0.3, -0.25) is 0 Å². The van der Waals surface area contributed by atoms with E-state index in [1.165, 1.54) is 0 Å². The van der Waals surface area contributed by atoms with Gasteiger partial charge >= 0.3 is 0 Å². The first kappa shape index (κ1) is 9.03. The molecular weight excluding hydrogens is 314 g/mol. The van der Waals surface area contributed by atoms with Crippen molar-refractivity contribution in [2.75, 3.05) is 18.9 Å². The molecule has 0 amide bonds. The van der Waals surface area contributed by atoms with Crippen molar-refractivity contribution < 1.29 is 6.11 Å². The van der Waals surface area contributed by atoms with Crippen LogP contribution in [0.15, 0.2) is 0 Å². The summed E-state index contributed by atoms with van der Waals surface area (Å²) >= 11 is 8.12. The maximum Gasteiger partial charge on any atom is 0.165 e. The first-order valence-corrected chi connectivity index (χ1v) is 5.73. The van der Waals surface area contributed by atoms with Gasteiger partial charge in [-0.05, 0) is 35.4 Å². The van der Waals surface area contributed by atoms with Crippen LogP contribution >= 0.6 is 34.2 Å². The second kappa shape index (κ2) is 4.10. The van der Waals surface area contributed by atoms with Crippen molar-refractivity contribution in [3.8, 4) is 5.75 Å². The molecule has 1 aliphatic rings. The molecule has 5 heteroatoms. The van der Waals surface area contributed by atoms with Gasteiger partial charge in [0.2, 0.25) is 0 Å². The van der Waals surface area contributed by atoms with E-state index in [2.05, 4.69) is 32.9 Å². The predicted molar refractivity (Wildman–Crippen MR) is 65.3 cm³/mol. The number of aromatic nitrogens is 1. The highest BCUT2D eigenvalue weighted by Gasteiger charge is 2.20. The zero-order valence-electron chi connectivity index (χ0n) is 8.60. The number of hydrogen-bond acceptors (Lipinski definition) is 3. The lowest BCUT2D eigenvalue weighted by Gasteiger charge is -2.20. The molecule has 0 aromatic carbocycles. The van der Waals surface area contributed by atoms with Gasteiger partial charge in [0.1, 0.15) is 5.15 Å². The molecular formula is C9H10ClIN2O. The minimum Gasteiger partial charge on any atom is -0.489 e. The van der Waals surface area contributed by atoms with Gasteiger partial charge in [0.25, 0.3) is 0 Å². The Morgan fingerprint density at radius 2 is 2.50 bits per heavy atom. The number of anilines is 1. The van der Waals surface area contributed by atoms with Crippen LogP contribution in [0, 0.1) is 3.57 Å². The normalized spacial score (nSPS) is 20.8. The maximum absolute atomic E-state index is 7.59. The SMILES string of the molecule is [2H]C1CCc2nc(Cl)c(I)c(NC)c2O1. The zero-order chi connectivity index (χ0) is 11.0. The number of hydrogen-bond donors (Lipinski definition) is 1. The highest BCUT2D eigenvalue weighted by molar-refractivity contribution is 14.1. The molecule has 1 aromatic heterocycles. The van der Waals surface area contributed by atoms with E-state index in [1.54, 1.807) is 0 Å². The van der Waals surface area contributed by atoms with E-state index in [4.69, 9.17) is 17.7 Å². The third-order valence-electron chi connectivity index (χ3n) is 2.07. The monoisotopic (exact) mass is 325 g/mol. The van der Waals surface area contributed by atoms with E-state index in [1.807, 2.05) is 7.05 Å². The molecule has 0 fully saturated rings. The molecule has 2 heterocycles. The first-order valence-electron chi connectivity index (χ1n) is 4.85. The van der Waals surface area contributed by atoms with Crippen molar-refractivity contribution in [2.24, 2.45) is 0 Å². The topological polar surface area (TPSA) is 34.2 Å². The molecule has 76 valence electrons. The van der Waals surface area contributed by atoms with Crippen molar-refractivity contribution in [1.82, 2.24) is 4.98 Å². The molecule has 1 unspecified atom stereocenters. The second-order valence-electron chi connectivity index (χ2n) is 2.94. The molecule has 14 heavy (non-hydrogen) atoms. The molecule has 0 saturated heterocycles. The van der Waals surface area contributed by atoms with Crippen LogP contribution < -0.4 is 10.1 Å². The summed E-state index contributed by atoms with van der Waals surface area (Å²) in [7, 11) is 1.81. The second-order valence-corrected chi connectivity index (χ2v) is 4.38. The first-order chi connectivity index (χ1) is 7.13. The van der Waals surface area contributed by atoms with Gasteiger partial charge in [0.05, 0.1) is 22.9 Å². The molecule has 1 atom stereocenters. The number of fused-ring (bicyclic) bond motifs is 1. The molecule has 1 aliphatic heterocycles. The van der Waals surface area contributed by atoms with Crippen molar-refractivity contribution in [3.63, 3.8) is 0 Å². The summed E-state index contributed by atoms with van der Waals surface area (Å²) in [6.45, 7) is -0.497. The average molecular weight is 326 g/mol. The molecule has 0 saturated carbocycles. The van der Waals surface area contributed by atoms with Crippen LogP contribution in [0.2, 0.25) is 5.15 Å². The quantitative estimate of drug-likeness (QED) is 0.637. The molecule has 0 aliphatic carbocycles. The summed E-state index contributed by atoms with van der Waals surface area (Å²) < 4.78 is 13.9. The third kappa shape index (κ3) is 1.65. The Bertz CT molecular complexity index is 402. The van der Waals surface area contributed by atoms with Gasteiger partial charge in [-0.2, -0.15) is 0 Å². The van der Waals surface area contributed by atoms with Crippen molar-refractivity contribution in [2.45, 2.75) is 12.8 Å². The largest absolute Gasteiger partial charge is 0.489 e. The van der Waals surface area contributed by atoms with Crippen LogP contribution in [0.1, 0.15) is 13.5 Å². The van der Waals surface area contributed by atoms with Crippen LogP contribution in [0.25, 0.3) is 0 Å². The molecule has 0 radical (unpaired) electrons. The van der Waals surface area contributed by atoms with Crippen LogP contribution in [-0.2, 0) is 6.42 Å². The van der Waals surface area contributed by atoms with Crippen molar-refractivity contribution in [1.29, 1.82) is 0 Å². The summed E-state index contributed by atoms with van der Waals surface area (Å²) in [5, 5.41) is 3.54. The van der Waals surface area contributed by atoms with E-state index >= 15 is 0 Å². The van der Waals surface area contributed by atoms with Gasteiger partial charge in [0.15, 0.2) is 5.75 Å². The summed E-state index contributed by atoms with van der Waals surface area (Å²) in [6.07, 6.45) is 1.41. The third-order valence-corrected chi connectivity index (χ3v) is 3.72. The van der Waals surface area contributed by atoms with Gasteiger partial charge in [-0.25, -0.2) is 4.98 Å². The Morgan fingerprint density at radius 1 is 1.71 bits per heavy atom. The Hall–Kier alpha value is -0.230. The van der Waals surface area contributed by atoms with Crippen molar-refractivity contribution >= 4 is 39.9 Å². The zero-order valence-corrected chi connectivity index (χ0v) is 10.5. The van der Waals surface area contributed by atoms with Crippen molar-refractivity contribution in [3.05, 3.63) is 14.4 Å². The molecule has 3 nitrogen and oxygen atoms in total. The van der Waals surface area contributed by atoms with E-state index in [9.17, 15) is 0 Å². The Balaban J connectivity index is 2.56. The minimum atomic E-state index is -0.497.